The molecule has 0 bridgehead atoms. The van der Waals surface area contributed by atoms with Crippen LogP contribution in [0.1, 0.15) is 22.4 Å². The van der Waals surface area contributed by atoms with Gasteiger partial charge in [-0.05, 0) is 49.6 Å². The van der Waals surface area contributed by atoms with E-state index in [1.54, 1.807) is 0 Å². The predicted octanol–water partition coefficient (Wildman–Crippen LogP) is 5.41. The lowest BCUT2D eigenvalue weighted by molar-refractivity contribution is 1.02. The number of nitrogens with one attached hydrogen (secondary N) is 2. The number of aryl methyl sites for hydroxylation is 2. The third kappa shape index (κ3) is 4.28. The first-order valence-electron chi connectivity index (χ1n) is 8.19. The molecule has 3 aromatic rings. The fraction of sp³-hybridized carbons (Fsp3) is 0.200. The third-order valence-corrected chi connectivity index (χ3v) is 4.49. The van der Waals surface area contributed by atoms with E-state index in [1.165, 1.54) is 11.1 Å². The van der Waals surface area contributed by atoms with Crippen LogP contribution in [0.3, 0.4) is 0 Å². The van der Waals surface area contributed by atoms with E-state index in [4.69, 9.17) is 11.6 Å². The van der Waals surface area contributed by atoms with Crippen molar-refractivity contribution in [3.8, 4) is 0 Å². The highest BCUT2D eigenvalue weighted by Crippen LogP contribution is 2.26. The van der Waals surface area contributed by atoms with Gasteiger partial charge in [0.25, 0.3) is 0 Å². The molecular weight excluding hydrogens is 332 g/mol. The van der Waals surface area contributed by atoms with Crippen molar-refractivity contribution in [2.75, 3.05) is 10.6 Å². The molecule has 0 saturated carbocycles. The summed E-state index contributed by atoms with van der Waals surface area (Å²) < 4.78 is 0. The van der Waals surface area contributed by atoms with Gasteiger partial charge in [-0.1, -0.05) is 41.9 Å². The van der Waals surface area contributed by atoms with Crippen molar-refractivity contribution in [1.82, 2.24) is 9.97 Å². The smallest absolute Gasteiger partial charge is 0.225 e. The van der Waals surface area contributed by atoms with Crippen LogP contribution in [0, 0.1) is 20.8 Å². The Hall–Kier alpha value is -2.59. The quantitative estimate of drug-likeness (QED) is 0.644. The van der Waals surface area contributed by atoms with Crippen LogP contribution in [-0.4, -0.2) is 9.97 Å². The Morgan fingerprint density at radius 1 is 0.960 bits per heavy atom. The number of benzene rings is 2. The van der Waals surface area contributed by atoms with Crippen LogP contribution in [0.2, 0.25) is 5.02 Å². The molecule has 0 saturated heterocycles. The van der Waals surface area contributed by atoms with Gasteiger partial charge in [0.05, 0.1) is 0 Å². The molecule has 1 heterocycles. The lowest BCUT2D eigenvalue weighted by Gasteiger charge is -2.13. The number of halogens is 1. The van der Waals surface area contributed by atoms with Gasteiger partial charge < -0.3 is 10.6 Å². The molecule has 0 aliphatic carbocycles. The van der Waals surface area contributed by atoms with Crippen LogP contribution in [0.5, 0.6) is 0 Å². The van der Waals surface area contributed by atoms with Crippen LogP contribution >= 0.6 is 11.6 Å². The lowest BCUT2D eigenvalue weighted by Crippen LogP contribution is -2.07. The highest BCUT2D eigenvalue weighted by molar-refractivity contribution is 6.31. The number of rotatable bonds is 5. The standard InChI is InChI=1S/C20H21ClN4/c1-13-7-4-5-8-16(13)12-22-20-23-14(2)11-19(25-20)24-18-10-6-9-17(21)15(18)3/h4-11H,12H2,1-3H3,(H2,22,23,24,25). The van der Waals surface area contributed by atoms with E-state index in [-0.39, 0.29) is 0 Å². The van der Waals surface area contributed by atoms with E-state index in [0.29, 0.717) is 12.5 Å². The molecule has 0 spiro atoms. The normalized spacial score (nSPS) is 10.6. The van der Waals surface area contributed by atoms with Crippen LogP contribution < -0.4 is 10.6 Å². The molecular formula is C20H21ClN4. The largest absolute Gasteiger partial charge is 0.350 e. The van der Waals surface area contributed by atoms with Crippen molar-refractivity contribution >= 4 is 29.1 Å². The van der Waals surface area contributed by atoms with Gasteiger partial charge in [-0.3, -0.25) is 0 Å². The van der Waals surface area contributed by atoms with E-state index < -0.39 is 0 Å². The maximum atomic E-state index is 6.19. The molecule has 0 aliphatic rings. The van der Waals surface area contributed by atoms with E-state index in [0.717, 1.165) is 27.8 Å². The Kier molecular flexibility index (Phi) is 5.19. The average molecular weight is 353 g/mol. The minimum Gasteiger partial charge on any atom is -0.350 e. The second-order valence-electron chi connectivity index (χ2n) is 6.04. The summed E-state index contributed by atoms with van der Waals surface area (Å²) in [5.74, 6) is 1.34. The van der Waals surface area contributed by atoms with Gasteiger partial charge in [-0.25, -0.2) is 4.98 Å². The minimum absolute atomic E-state index is 0.602. The molecule has 0 fully saturated rings. The van der Waals surface area contributed by atoms with Gasteiger partial charge in [0, 0.05) is 29.0 Å². The summed E-state index contributed by atoms with van der Waals surface area (Å²) in [7, 11) is 0. The number of aromatic nitrogens is 2. The number of hydrogen-bond donors (Lipinski definition) is 2. The van der Waals surface area contributed by atoms with E-state index >= 15 is 0 Å². The van der Waals surface area contributed by atoms with Crippen LogP contribution in [0.4, 0.5) is 17.5 Å². The fourth-order valence-corrected chi connectivity index (χ4v) is 2.75. The molecule has 2 aromatic carbocycles. The first kappa shape index (κ1) is 17.2. The van der Waals surface area contributed by atoms with Crippen LogP contribution in [0.25, 0.3) is 0 Å². The van der Waals surface area contributed by atoms with E-state index in [1.807, 2.05) is 50.2 Å². The SMILES string of the molecule is Cc1cc(Nc2cccc(Cl)c2C)nc(NCc2ccccc2C)n1. The molecule has 0 radical (unpaired) electrons. The second-order valence-corrected chi connectivity index (χ2v) is 6.44. The maximum Gasteiger partial charge on any atom is 0.225 e. The van der Waals surface area contributed by atoms with Gasteiger partial charge in [0.2, 0.25) is 5.95 Å². The zero-order valence-corrected chi connectivity index (χ0v) is 15.4. The summed E-state index contributed by atoms with van der Waals surface area (Å²) in [6.07, 6.45) is 0. The number of hydrogen-bond acceptors (Lipinski definition) is 4. The summed E-state index contributed by atoms with van der Waals surface area (Å²) in [4.78, 5) is 9.04. The van der Waals surface area contributed by atoms with Crippen molar-refractivity contribution in [2.45, 2.75) is 27.3 Å². The molecule has 2 N–H and O–H groups in total. The topological polar surface area (TPSA) is 49.8 Å². The Balaban J connectivity index is 1.78. The van der Waals surface area contributed by atoms with Gasteiger partial charge in [0.1, 0.15) is 5.82 Å². The number of nitrogens with zero attached hydrogens (tertiary/aromatic N) is 2. The maximum absolute atomic E-state index is 6.19. The Labute approximate surface area is 153 Å². The number of anilines is 3. The monoisotopic (exact) mass is 352 g/mol. The van der Waals surface area contributed by atoms with Gasteiger partial charge in [-0.15, -0.1) is 0 Å². The predicted molar refractivity (Wildman–Crippen MR) is 105 cm³/mol. The molecule has 0 atom stereocenters. The highest BCUT2D eigenvalue weighted by Gasteiger charge is 2.06. The molecule has 128 valence electrons. The minimum atomic E-state index is 0.602. The zero-order chi connectivity index (χ0) is 17.8. The summed E-state index contributed by atoms with van der Waals surface area (Å²) >= 11 is 6.19. The van der Waals surface area contributed by atoms with Gasteiger partial charge >= 0.3 is 0 Å². The molecule has 1 aromatic heterocycles. The average Bonchev–Trinajstić information content (AvgIpc) is 2.58. The summed E-state index contributed by atoms with van der Waals surface area (Å²) in [5, 5.41) is 7.37. The van der Waals surface area contributed by atoms with E-state index in [2.05, 4.69) is 39.7 Å². The molecule has 4 nitrogen and oxygen atoms in total. The Morgan fingerprint density at radius 2 is 1.76 bits per heavy atom. The van der Waals surface area contributed by atoms with Crippen molar-refractivity contribution in [2.24, 2.45) is 0 Å². The van der Waals surface area contributed by atoms with Gasteiger partial charge in [0.15, 0.2) is 0 Å². The summed E-state index contributed by atoms with van der Waals surface area (Å²) in [5.41, 5.74) is 5.30. The van der Waals surface area contributed by atoms with Crippen LogP contribution in [0.15, 0.2) is 48.5 Å². The first-order valence-corrected chi connectivity index (χ1v) is 8.57. The Morgan fingerprint density at radius 3 is 2.56 bits per heavy atom. The van der Waals surface area contributed by atoms with Gasteiger partial charge in [-0.2, -0.15) is 4.98 Å². The van der Waals surface area contributed by atoms with Crippen molar-refractivity contribution in [1.29, 1.82) is 0 Å². The molecule has 5 heteroatoms. The van der Waals surface area contributed by atoms with Crippen molar-refractivity contribution in [3.05, 3.63) is 75.9 Å². The van der Waals surface area contributed by atoms with E-state index in [9.17, 15) is 0 Å². The summed E-state index contributed by atoms with van der Waals surface area (Å²) in [6.45, 7) is 6.72. The second kappa shape index (κ2) is 7.53. The Bertz CT molecular complexity index is 893. The van der Waals surface area contributed by atoms with Crippen molar-refractivity contribution < 1.29 is 0 Å². The molecule has 25 heavy (non-hydrogen) atoms. The molecule has 0 aliphatic heterocycles. The fourth-order valence-electron chi connectivity index (χ4n) is 2.58. The molecule has 0 amide bonds. The lowest BCUT2D eigenvalue weighted by atomic mass is 10.1. The highest BCUT2D eigenvalue weighted by atomic mass is 35.5. The summed E-state index contributed by atoms with van der Waals surface area (Å²) in [6, 6.07) is 16.0. The third-order valence-electron chi connectivity index (χ3n) is 4.08. The molecule has 0 unspecified atom stereocenters. The first-order chi connectivity index (χ1) is 12.0. The van der Waals surface area contributed by atoms with Crippen molar-refractivity contribution in [3.63, 3.8) is 0 Å². The van der Waals surface area contributed by atoms with Crippen LogP contribution in [-0.2, 0) is 6.54 Å². The zero-order valence-electron chi connectivity index (χ0n) is 14.6. The molecule has 3 rings (SSSR count).